The van der Waals surface area contributed by atoms with Crippen molar-refractivity contribution in [2.75, 3.05) is 7.11 Å². The molecule has 0 aliphatic rings. The van der Waals surface area contributed by atoms with Gasteiger partial charge in [-0.3, -0.25) is 0 Å². The zero-order valence-corrected chi connectivity index (χ0v) is 10.1. The van der Waals surface area contributed by atoms with Gasteiger partial charge in [-0.2, -0.15) is 0 Å². The number of hydrogen-bond donors (Lipinski definition) is 2. The number of halogens is 1. The van der Waals surface area contributed by atoms with Gasteiger partial charge in [0.25, 0.3) is 0 Å². The molecule has 0 aliphatic heterocycles. The van der Waals surface area contributed by atoms with Gasteiger partial charge in [0.1, 0.15) is 0 Å². The standard InChI is InChI=1S/C11H10BrNO3/c1-16-11(15)10(14)6-2-3-7-8(12)5-13-9(7)4-6/h2-5,10,13-14H,1H3. The van der Waals surface area contributed by atoms with E-state index in [1.54, 1.807) is 18.3 Å². The molecule has 1 atom stereocenters. The third kappa shape index (κ3) is 1.83. The average Bonchev–Trinajstić information content (AvgIpc) is 2.68. The molecule has 0 aliphatic carbocycles. The summed E-state index contributed by atoms with van der Waals surface area (Å²) in [6, 6.07) is 5.25. The Hall–Kier alpha value is -1.33. The summed E-state index contributed by atoms with van der Waals surface area (Å²) in [5.74, 6) is -0.662. The molecule has 1 aromatic carbocycles. The van der Waals surface area contributed by atoms with Crippen molar-refractivity contribution >= 4 is 32.8 Å². The van der Waals surface area contributed by atoms with Crippen LogP contribution in [0.2, 0.25) is 0 Å². The van der Waals surface area contributed by atoms with Gasteiger partial charge in [0, 0.05) is 21.6 Å². The Kier molecular flexibility index (Phi) is 2.98. The zero-order valence-electron chi connectivity index (χ0n) is 8.53. The van der Waals surface area contributed by atoms with Crippen LogP contribution in [0.25, 0.3) is 10.9 Å². The van der Waals surface area contributed by atoms with Crippen LogP contribution in [0.1, 0.15) is 11.7 Å². The molecule has 0 saturated carbocycles. The number of carbonyl (C=O) groups is 1. The number of rotatable bonds is 2. The highest BCUT2D eigenvalue weighted by molar-refractivity contribution is 9.10. The maximum absolute atomic E-state index is 11.2. The Morgan fingerprint density at radius 3 is 3.00 bits per heavy atom. The van der Waals surface area contributed by atoms with E-state index < -0.39 is 12.1 Å². The van der Waals surface area contributed by atoms with Crippen LogP contribution in [0.15, 0.2) is 28.9 Å². The van der Waals surface area contributed by atoms with Gasteiger partial charge < -0.3 is 14.8 Å². The number of carbonyl (C=O) groups excluding carboxylic acids is 1. The molecule has 5 heteroatoms. The molecule has 0 spiro atoms. The third-order valence-corrected chi connectivity index (χ3v) is 3.05. The van der Waals surface area contributed by atoms with E-state index in [0.29, 0.717) is 5.56 Å². The van der Waals surface area contributed by atoms with Crippen LogP contribution in [0.4, 0.5) is 0 Å². The summed E-state index contributed by atoms with van der Waals surface area (Å²) in [5, 5.41) is 10.7. The molecule has 2 aromatic rings. The Balaban J connectivity index is 2.43. The summed E-state index contributed by atoms with van der Waals surface area (Å²) >= 11 is 3.39. The lowest BCUT2D eigenvalue weighted by Gasteiger charge is -2.08. The number of methoxy groups -OCH3 is 1. The molecule has 0 radical (unpaired) electrons. The summed E-state index contributed by atoms with van der Waals surface area (Å²) in [5.41, 5.74) is 1.36. The Labute approximate surface area is 100 Å². The van der Waals surface area contributed by atoms with Gasteiger partial charge in [0.05, 0.1) is 7.11 Å². The fourth-order valence-corrected chi connectivity index (χ4v) is 1.99. The number of esters is 1. The predicted molar refractivity (Wildman–Crippen MR) is 63.0 cm³/mol. The highest BCUT2D eigenvalue weighted by Crippen LogP contribution is 2.26. The first-order chi connectivity index (χ1) is 7.63. The van der Waals surface area contributed by atoms with E-state index in [-0.39, 0.29) is 0 Å². The molecule has 0 fully saturated rings. The molecule has 0 saturated heterocycles. The summed E-state index contributed by atoms with van der Waals surface area (Å²) < 4.78 is 5.42. The number of benzene rings is 1. The number of aliphatic hydroxyl groups is 1. The molecule has 2 N–H and O–H groups in total. The molecule has 16 heavy (non-hydrogen) atoms. The summed E-state index contributed by atoms with van der Waals surface area (Å²) in [6.07, 6.45) is 0.565. The molecule has 0 bridgehead atoms. The van der Waals surface area contributed by atoms with Crippen molar-refractivity contribution in [2.24, 2.45) is 0 Å². The molecule has 4 nitrogen and oxygen atoms in total. The fraction of sp³-hybridized carbons (Fsp3) is 0.182. The van der Waals surface area contributed by atoms with E-state index in [1.165, 1.54) is 7.11 Å². The first kappa shape index (κ1) is 11.2. The molecule has 1 aromatic heterocycles. The average molecular weight is 284 g/mol. The van der Waals surface area contributed by atoms with Gasteiger partial charge in [-0.25, -0.2) is 4.79 Å². The fourth-order valence-electron chi connectivity index (χ4n) is 1.53. The van der Waals surface area contributed by atoms with Gasteiger partial charge in [-0.15, -0.1) is 0 Å². The molecule has 1 unspecified atom stereocenters. The van der Waals surface area contributed by atoms with E-state index >= 15 is 0 Å². The Morgan fingerprint density at radius 1 is 1.56 bits per heavy atom. The van der Waals surface area contributed by atoms with Crippen molar-refractivity contribution in [3.8, 4) is 0 Å². The minimum atomic E-state index is -1.24. The Bertz CT molecular complexity index is 535. The van der Waals surface area contributed by atoms with Crippen LogP contribution in [0.3, 0.4) is 0 Å². The van der Waals surface area contributed by atoms with Crippen molar-refractivity contribution in [2.45, 2.75) is 6.10 Å². The lowest BCUT2D eigenvalue weighted by atomic mass is 10.1. The first-order valence-electron chi connectivity index (χ1n) is 4.66. The second-order valence-electron chi connectivity index (χ2n) is 3.37. The van der Waals surface area contributed by atoms with Crippen LogP contribution in [-0.2, 0) is 9.53 Å². The van der Waals surface area contributed by atoms with Crippen molar-refractivity contribution in [3.63, 3.8) is 0 Å². The lowest BCUT2D eigenvalue weighted by molar-refractivity contribution is -0.150. The molecule has 0 amide bonds. The number of H-pyrrole nitrogens is 1. The van der Waals surface area contributed by atoms with Gasteiger partial charge in [0.2, 0.25) is 0 Å². The minimum Gasteiger partial charge on any atom is -0.467 e. The monoisotopic (exact) mass is 283 g/mol. The summed E-state index contributed by atoms with van der Waals surface area (Å²) in [7, 11) is 1.25. The SMILES string of the molecule is COC(=O)C(O)c1ccc2c(Br)c[nH]c2c1. The number of fused-ring (bicyclic) bond motifs is 1. The van der Waals surface area contributed by atoms with E-state index in [2.05, 4.69) is 25.7 Å². The largest absolute Gasteiger partial charge is 0.467 e. The third-order valence-electron chi connectivity index (χ3n) is 2.40. The van der Waals surface area contributed by atoms with Gasteiger partial charge >= 0.3 is 5.97 Å². The van der Waals surface area contributed by atoms with Gasteiger partial charge in [-0.1, -0.05) is 12.1 Å². The maximum Gasteiger partial charge on any atom is 0.339 e. The van der Waals surface area contributed by atoms with Crippen LogP contribution in [0.5, 0.6) is 0 Å². The topological polar surface area (TPSA) is 62.3 Å². The normalized spacial score (nSPS) is 12.7. The number of aromatic nitrogens is 1. The molecule has 84 valence electrons. The Morgan fingerprint density at radius 2 is 2.31 bits per heavy atom. The minimum absolute atomic E-state index is 0.508. The number of ether oxygens (including phenoxy) is 1. The maximum atomic E-state index is 11.2. The van der Waals surface area contributed by atoms with Crippen molar-refractivity contribution in [3.05, 3.63) is 34.4 Å². The molecule has 1 heterocycles. The molecular weight excluding hydrogens is 274 g/mol. The van der Waals surface area contributed by atoms with Crippen molar-refractivity contribution in [1.82, 2.24) is 4.98 Å². The van der Waals surface area contributed by atoms with Crippen LogP contribution in [-0.4, -0.2) is 23.2 Å². The number of aliphatic hydroxyl groups excluding tert-OH is 1. The van der Waals surface area contributed by atoms with E-state index in [0.717, 1.165) is 15.4 Å². The van der Waals surface area contributed by atoms with Gasteiger partial charge in [-0.05, 0) is 27.6 Å². The van der Waals surface area contributed by atoms with E-state index in [9.17, 15) is 9.90 Å². The summed E-state index contributed by atoms with van der Waals surface area (Å²) in [4.78, 5) is 14.2. The van der Waals surface area contributed by atoms with Crippen LogP contribution >= 0.6 is 15.9 Å². The first-order valence-corrected chi connectivity index (χ1v) is 5.45. The van der Waals surface area contributed by atoms with Crippen molar-refractivity contribution in [1.29, 1.82) is 0 Å². The second-order valence-corrected chi connectivity index (χ2v) is 4.22. The highest BCUT2D eigenvalue weighted by Gasteiger charge is 2.18. The predicted octanol–water partition coefficient (Wildman–Crippen LogP) is 2.14. The molecular formula is C11H10BrNO3. The smallest absolute Gasteiger partial charge is 0.339 e. The van der Waals surface area contributed by atoms with Crippen molar-refractivity contribution < 1.29 is 14.6 Å². The quantitative estimate of drug-likeness (QED) is 0.830. The van der Waals surface area contributed by atoms with E-state index in [4.69, 9.17) is 0 Å². The van der Waals surface area contributed by atoms with Crippen LogP contribution < -0.4 is 0 Å². The van der Waals surface area contributed by atoms with Gasteiger partial charge in [0.15, 0.2) is 6.10 Å². The van der Waals surface area contributed by atoms with E-state index in [1.807, 2.05) is 6.07 Å². The number of aromatic amines is 1. The highest BCUT2D eigenvalue weighted by atomic mass is 79.9. The zero-order chi connectivity index (χ0) is 11.7. The number of nitrogens with one attached hydrogen (secondary N) is 1. The summed E-state index contributed by atoms with van der Waals surface area (Å²) in [6.45, 7) is 0. The lowest BCUT2D eigenvalue weighted by Crippen LogP contribution is -2.13. The van der Waals surface area contributed by atoms with Crippen LogP contribution in [0, 0.1) is 0 Å². The number of hydrogen-bond acceptors (Lipinski definition) is 3. The molecule has 2 rings (SSSR count). The second kappa shape index (κ2) is 4.27.